The third-order valence-corrected chi connectivity index (χ3v) is 5.53. The summed E-state index contributed by atoms with van der Waals surface area (Å²) in [5, 5.41) is 3.75. The van der Waals surface area contributed by atoms with Crippen molar-refractivity contribution in [3.05, 3.63) is 11.6 Å². The molecule has 2 fully saturated rings. The lowest BCUT2D eigenvalue weighted by Crippen LogP contribution is -2.12. The first-order valence-electron chi connectivity index (χ1n) is 6.64. The van der Waals surface area contributed by atoms with Gasteiger partial charge >= 0.3 is 0 Å². The monoisotopic (exact) mass is 218 g/mol. The number of hydrogen-bond donors (Lipinski definition) is 1. The summed E-state index contributed by atoms with van der Waals surface area (Å²) >= 11 is 0. The van der Waals surface area contributed by atoms with Gasteiger partial charge in [0.25, 0.3) is 0 Å². The van der Waals surface area contributed by atoms with Crippen LogP contribution in [0.15, 0.2) is 16.8 Å². The predicted molar refractivity (Wildman–Crippen MR) is 64.3 cm³/mol. The molecule has 3 rings (SSSR count). The molecule has 5 atom stereocenters. The zero-order chi connectivity index (χ0) is 11.5. The van der Waals surface area contributed by atoms with Gasteiger partial charge in [-0.15, -0.1) is 0 Å². The summed E-state index contributed by atoms with van der Waals surface area (Å²) in [6.45, 7) is 7.23. The van der Waals surface area contributed by atoms with Crippen LogP contribution >= 0.6 is 0 Å². The van der Waals surface area contributed by atoms with E-state index in [4.69, 9.17) is 5.53 Å². The minimum atomic E-state index is 0.192. The summed E-state index contributed by atoms with van der Waals surface area (Å²) < 4.78 is 0. The van der Waals surface area contributed by atoms with Crippen LogP contribution in [0.5, 0.6) is 0 Å². The molecule has 3 aliphatic rings. The predicted octanol–water partition coefficient (Wildman–Crippen LogP) is 4.03. The van der Waals surface area contributed by atoms with E-state index >= 15 is 0 Å². The van der Waals surface area contributed by atoms with Gasteiger partial charge in [0.1, 0.15) is 0 Å². The highest BCUT2D eigenvalue weighted by molar-refractivity contribution is 5.28. The van der Waals surface area contributed by atoms with Crippen molar-refractivity contribution in [2.45, 2.75) is 46.1 Å². The highest BCUT2D eigenvalue weighted by Crippen LogP contribution is 2.68. The SMILES string of the molecule is C[C@@H]1CC[C@@H]2[C@H]([C@@H]3C[C@@H](N=N)C=C13)C2(C)C. The molecule has 0 unspecified atom stereocenters. The molecule has 0 aromatic rings. The molecular formula is C14H22N2. The summed E-state index contributed by atoms with van der Waals surface area (Å²) in [5.74, 6) is 3.31. The van der Waals surface area contributed by atoms with Crippen LogP contribution < -0.4 is 0 Å². The first-order valence-corrected chi connectivity index (χ1v) is 6.64. The lowest BCUT2D eigenvalue weighted by atomic mass is 9.84. The van der Waals surface area contributed by atoms with Gasteiger partial charge in [-0.25, -0.2) is 5.53 Å². The van der Waals surface area contributed by atoms with E-state index in [0.717, 1.165) is 30.1 Å². The van der Waals surface area contributed by atoms with Crippen LogP contribution in [0.1, 0.15) is 40.0 Å². The van der Waals surface area contributed by atoms with Crippen molar-refractivity contribution in [2.24, 2.45) is 34.2 Å². The average molecular weight is 218 g/mol. The van der Waals surface area contributed by atoms with Gasteiger partial charge in [0.15, 0.2) is 0 Å². The number of nitrogens with one attached hydrogen (secondary N) is 1. The smallest absolute Gasteiger partial charge is 0.0894 e. The molecule has 88 valence electrons. The van der Waals surface area contributed by atoms with E-state index in [1.54, 1.807) is 5.57 Å². The summed E-state index contributed by atoms with van der Waals surface area (Å²) in [7, 11) is 0. The Morgan fingerprint density at radius 1 is 1.38 bits per heavy atom. The lowest BCUT2D eigenvalue weighted by Gasteiger charge is -2.21. The van der Waals surface area contributed by atoms with Crippen molar-refractivity contribution in [3.63, 3.8) is 0 Å². The van der Waals surface area contributed by atoms with Gasteiger partial charge in [-0.2, -0.15) is 5.11 Å². The average Bonchev–Trinajstić information content (AvgIpc) is 2.65. The summed E-state index contributed by atoms with van der Waals surface area (Å²) in [6, 6.07) is 0.192. The molecule has 0 radical (unpaired) electrons. The molecule has 16 heavy (non-hydrogen) atoms. The minimum absolute atomic E-state index is 0.192. The highest BCUT2D eigenvalue weighted by Gasteiger charge is 2.62. The molecule has 0 aromatic carbocycles. The summed E-state index contributed by atoms with van der Waals surface area (Å²) in [6.07, 6.45) is 6.18. The molecule has 0 bridgehead atoms. The summed E-state index contributed by atoms with van der Waals surface area (Å²) in [4.78, 5) is 0. The summed E-state index contributed by atoms with van der Waals surface area (Å²) in [5.41, 5.74) is 9.42. The van der Waals surface area contributed by atoms with E-state index in [-0.39, 0.29) is 6.04 Å². The molecule has 2 nitrogen and oxygen atoms in total. The van der Waals surface area contributed by atoms with Crippen LogP contribution in [-0.4, -0.2) is 6.04 Å². The Morgan fingerprint density at radius 2 is 2.12 bits per heavy atom. The molecule has 0 spiro atoms. The largest absolute Gasteiger partial charge is 0.209 e. The third-order valence-electron chi connectivity index (χ3n) is 5.53. The van der Waals surface area contributed by atoms with E-state index in [1.165, 1.54) is 12.8 Å². The van der Waals surface area contributed by atoms with Crippen molar-refractivity contribution in [1.82, 2.24) is 0 Å². The fraction of sp³-hybridized carbons (Fsp3) is 0.857. The Hall–Kier alpha value is -0.660. The maximum absolute atomic E-state index is 7.23. The highest BCUT2D eigenvalue weighted by atomic mass is 15.0. The van der Waals surface area contributed by atoms with E-state index in [9.17, 15) is 0 Å². The fourth-order valence-electron chi connectivity index (χ4n) is 4.52. The Balaban J connectivity index is 1.92. The molecule has 0 aromatic heterocycles. The van der Waals surface area contributed by atoms with Crippen LogP contribution in [0.2, 0.25) is 0 Å². The van der Waals surface area contributed by atoms with E-state index in [0.29, 0.717) is 5.41 Å². The molecule has 0 aliphatic heterocycles. The molecule has 0 heterocycles. The standard InChI is InChI=1S/C14H22N2/c1-8-4-5-12-13(14(12,2)3)11-7-9(16-15)6-10(8)11/h6,8-9,11-13,15H,4-5,7H2,1-3H3/t8-,9+,11-,12-,13+/m1/s1. The van der Waals surface area contributed by atoms with Crippen molar-refractivity contribution < 1.29 is 0 Å². The molecule has 1 N–H and O–H groups in total. The molecule has 0 amide bonds. The zero-order valence-corrected chi connectivity index (χ0v) is 10.5. The number of rotatable bonds is 1. The normalized spacial score (nSPS) is 48.7. The Labute approximate surface area is 98.0 Å². The van der Waals surface area contributed by atoms with Gasteiger partial charge in [-0.1, -0.05) is 32.4 Å². The zero-order valence-electron chi connectivity index (χ0n) is 10.5. The Kier molecular flexibility index (Phi) is 2.08. The topological polar surface area (TPSA) is 36.2 Å². The third kappa shape index (κ3) is 1.25. The number of hydrogen-bond acceptors (Lipinski definition) is 2. The number of fused-ring (bicyclic) bond motifs is 3. The first-order chi connectivity index (χ1) is 7.55. The Morgan fingerprint density at radius 3 is 2.81 bits per heavy atom. The van der Waals surface area contributed by atoms with E-state index in [1.807, 2.05) is 0 Å². The van der Waals surface area contributed by atoms with E-state index < -0.39 is 0 Å². The van der Waals surface area contributed by atoms with Gasteiger partial charge in [-0.3, -0.25) is 0 Å². The van der Waals surface area contributed by atoms with Gasteiger partial charge < -0.3 is 0 Å². The maximum atomic E-state index is 7.23. The van der Waals surface area contributed by atoms with Crippen molar-refractivity contribution >= 4 is 0 Å². The van der Waals surface area contributed by atoms with Gasteiger partial charge in [-0.05, 0) is 48.3 Å². The second kappa shape index (κ2) is 3.18. The second-order valence-corrected chi connectivity index (χ2v) is 6.64. The van der Waals surface area contributed by atoms with E-state index in [2.05, 4.69) is 32.0 Å². The quantitative estimate of drug-likeness (QED) is 0.509. The van der Waals surface area contributed by atoms with Crippen molar-refractivity contribution in [2.75, 3.05) is 0 Å². The van der Waals surface area contributed by atoms with Crippen LogP contribution in [-0.2, 0) is 0 Å². The van der Waals surface area contributed by atoms with Crippen LogP contribution in [0.3, 0.4) is 0 Å². The van der Waals surface area contributed by atoms with Crippen LogP contribution in [0.4, 0.5) is 0 Å². The molecular weight excluding hydrogens is 196 g/mol. The minimum Gasteiger partial charge on any atom is -0.209 e. The maximum Gasteiger partial charge on any atom is 0.0894 e. The number of allylic oxidation sites excluding steroid dienone is 1. The molecule has 2 saturated carbocycles. The van der Waals surface area contributed by atoms with Crippen LogP contribution in [0, 0.1) is 34.6 Å². The number of nitrogens with zero attached hydrogens (tertiary/aromatic N) is 1. The second-order valence-electron chi connectivity index (χ2n) is 6.64. The molecule has 2 heteroatoms. The van der Waals surface area contributed by atoms with Gasteiger partial charge in [0.2, 0.25) is 0 Å². The molecule has 0 saturated heterocycles. The van der Waals surface area contributed by atoms with Gasteiger partial charge in [0, 0.05) is 0 Å². The van der Waals surface area contributed by atoms with Crippen LogP contribution in [0.25, 0.3) is 0 Å². The van der Waals surface area contributed by atoms with Crippen molar-refractivity contribution in [3.8, 4) is 0 Å². The molecule has 3 aliphatic carbocycles. The fourth-order valence-corrected chi connectivity index (χ4v) is 4.52. The van der Waals surface area contributed by atoms with Gasteiger partial charge in [0.05, 0.1) is 6.04 Å². The first kappa shape index (κ1) is 10.5. The Bertz CT molecular complexity index is 356. The van der Waals surface area contributed by atoms with Crippen molar-refractivity contribution in [1.29, 1.82) is 5.53 Å². The lowest BCUT2D eigenvalue weighted by molar-refractivity contribution is 0.395.